The molecular formula is C14H19N3O. The summed E-state index contributed by atoms with van der Waals surface area (Å²) in [5.74, 6) is 0.853. The molecule has 2 aromatic rings. The number of anilines is 1. The molecule has 1 aromatic heterocycles. The number of rotatable bonds is 5. The number of hydrogen-bond donors (Lipinski definition) is 2. The van der Waals surface area contributed by atoms with Crippen molar-refractivity contribution in [1.82, 2.24) is 9.97 Å². The molecule has 0 spiro atoms. The van der Waals surface area contributed by atoms with Crippen molar-refractivity contribution < 1.29 is 5.11 Å². The Balaban J connectivity index is 2.17. The number of hydrogen-bond acceptors (Lipinski definition) is 4. The number of aromatic nitrogens is 2. The predicted octanol–water partition coefficient (Wildman–Crippen LogP) is 2.45. The van der Waals surface area contributed by atoms with Crippen LogP contribution in [0.5, 0.6) is 0 Å². The third-order valence-electron chi connectivity index (χ3n) is 3.07. The van der Waals surface area contributed by atoms with Crippen LogP contribution in [0.25, 0.3) is 10.9 Å². The number of nitrogens with zero attached hydrogens (tertiary/aromatic N) is 2. The highest BCUT2D eigenvalue weighted by molar-refractivity contribution is 5.88. The number of aliphatic hydroxyl groups is 1. The first-order chi connectivity index (χ1) is 8.62. The fourth-order valence-corrected chi connectivity index (χ4v) is 1.86. The SMILES string of the molecule is CC(C)(CCO)CNc1ncnc2ccccc12. The lowest BCUT2D eigenvalue weighted by Gasteiger charge is -2.24. The molecule has 96 valence electrons. The van der Waals surface area contributed by atoms with Gasteiger partial charge in [0.1, 0.15) is 12.1 Å². The molecule has 4 nitrogen and oxygen atoms in total. The van der Waals surface area contributed by atoms with E-state index in [-0.39, 0.29) is 12.0 Å². The fraction of sp³-hybridized carbons (Fsp3) is 0.429. The maximum absolute atomic E-state index is 9.02. The van der Waals surface area contributed by atoms with Crippen LogP contribution < -0.4 is 5.32 Å². The molecule has 0 bridgehead atoms. The molecule has 0 amide bonds. The maximum Gasteiger partial charge on any atom is 0.137 e. The van der Waals surface area contributed by atoms with Crippen LogP contribution in [0.4, 0.5) is 5.82 Å². The summed E-state index contributed by atoms with van der Waals surface area (Å²) in [6.45, 7) is 5.23. The predicted molar refractivity (Wildman–Crippen MR) is 73.5 cm³/mol. The van der Waals surface area contributed by atoms with Crippen molar-refractivity contribution in [2.75, 3.05) is 18.5 Å². The third-order valence-corrected chi connectivity index (χ3v) is 3.07. The van der Waals surface area contributed by atoms with E-state index in [4.69, 9.17) is 5.11 Å². The Morgan fingerprint density at radius 1 is 1.22 bits per heavy atom. The molecule has 0 aliphatic carbocycles. The number of aliphatic hydroxyl groups excluding tert-OH is 1. The van der Waals surface area contributed by atoms with Gasteiger partial charge in [-0.1, -0.05) is 26.0 Å². The molecule has 2 N–H and O–H groups in total. The van der Waals surface area contributed by atoms with Crippen LogP contribution in [0.15, 0.2) is 30.6 Å². The smallest absolute Gasteiger partial charge is 0.137 e. The Labute approximate surface area is 107 Å². The average Bonchev–Trinajstić information content (AvgIpc) is 2.36. The first-order valence-electron chi connectivity index (χ1n) is 6.17. The lowest BCUT2D eigenvalue weighted by molar-refractivity contribution is 0.220. The van der Waals surface area contributed by atoms with Crippen molar-refractivity contribution in [3.8, 4) is 0 Å². The van der Waals surface area contributed by atoms with Gasteiger partial charge < -0.3 is 10.4 Å². The fourth-order valence-electron chi connectivity index (χ4n) is 1.86. The summed E-state index contributed by atoms with van der Waals surface area (Å²) in [6.07, 6.45) is 2.34. The largest absolute Gasteiger partial charge is 0.396 e. The second-order valence-electron chi connectivity index (χ2n) is 5.23. The topological polar surface area (TPSA) is 58.0 Å². The normalized spacial score (nSPS) is 11.7. The van der Waals surface area contributed by atoms with Gasteiger partial charge >= 0.3 is 0 Å². The van der Waals surface area contributed by atoms with E-state index in [9.17, 15) is 0 Å². The summed E-state index contributed by atoms with van der Waals surface area (Å²) >= 11 is 0. The summed E-state index contributed by atoms with van der Waals surface area (Å²) in [6, 6.07) is 7.93. The lowest BCUT2D eigenvalue weighted by Crippen LogP contribution is -2.24. The molecule has 1 heterocycles. The van der Waals surface area contributed by atoms with E-state index in [0.29, 0.717) is 0 Å². The van der Waals surface area contributed by atoms with E-state index in [2.05, 4.69) is 29.1 Å². The molecular weight excluding hydrogens is 226 g/mol. The van der Waals surface area contributed by atoms with Gasteiger partial charge in [0.05, 0.1) is 5.52 Å². The molecule has 0 unspecified atom stereocenters. The Hall–Kier alpha value is -1.68. The van der Waals surface area contributed by atoms with Crippen LogP contribution in [-0.4, -0.2) is 28.2 Å². The van der Waals surface area contributed by atoms with Crippen LogP contribution in [0.2, 0.25) is 0 Å². The Kier molecular flexibility index (Phi) is 3.77. The minimum atomic E-state index is 0.0425. The second-order valence-corrected chi connectivity index (χ2v) is 5.23. The van der Waals surface area contributed by atoms with Gasteiger partial charge in [0.25, 0.3) is 0 Å². The van der Waals surface area contributed by atoms with Crippen molar-refractivity contribution in [1.29, 1.82) is 0 Å². The van der Waals surface area contributed by atoms with Gasteiger partial charge in [-0.05, 0) is 24.0 Å². The van der Waals surface area contributed by atoms with Crippen molar-refractivity contribution in [3.05, 3.63) is 30.6 Å². The molecule has 18 heavy (non-hydrogen) atoms. The molecule has 0 radical (unpaired) electrons. The Morgan fingerprint density at radius 3 is 2.78 bits per heavy atom. The number of fused-ring (bicyclic) bond motifs is 1. The first-order valence-corrected chi connectivity index (χ1v) is 6.17. The van der Waals surface area contributed by atoms with Crippen molar-refractivity contribution in [2.45, 2.75) is 20.3 Å². The minimum absolute atomic E-state index is 0.0425. The highest BCUT2D eigenvalue weighted by Crippen LogP contribution is 2.23. The summed E-state index contributed by atoms with van der Waals surface area (Å²) in [5.41, 5.74) is 0.982. The van der Waals surface area contributed by atoms with Gasteiger partial charge in [-0.2, -0.15) is 0 Å². The number of para-hydroxylation sites is 1. The van der Waals surface area contributed by atoms with Gasteiger partial charge in [0.2, 0.25) is 0 Å². The molecule has 0 fully saturated rings. The monoisotopic (exact) mass is 245 g/mol. The highest BCUT2D eigenvalue weighted by atomic mass is 16.3. The quantitative estimate of drug-likeness (QED) is 0.849. The van der Waals surface area contributed by atoms with E-state index >= 15 is 0 Å². The summed E-state index contributed by atoms with van der Waals surface area (Å²) < 4.78 is 0. The van der Waals surface area contributed by atoms with Crippen LogP contribution in [-0.2, 0) is 0 Å². The zero-order valence-electron chi connectivity index (χ0n) is 10.8. The van der Waals surface area contributed by atoms with Gasteiger partial charge in [-0.3, -0.25) is 0 Å². The zero-order chi connectivity index (χ0) is 13.0. The molecule has 4 heteroatoms. The van der Waals surface area contributed by atoms with Gasteiger partial charge in [0.15, 0.2) is 0 Å². The Bertz CT molecular complexity index is 520. The average molecular weight is 245 g/mol. The highest BCUT2D eigenvalue weighted by Gasteiger charge is 2.17. The maximum atomic E-state index is 9.02. The van der Waals surface area contributed by atoms with E-state index < -0.39 is 0 Å². The molecule has 0 saturated carbocycles. The van der Waals surface area contributed by atoms with Crippen LogP contribution >= 0.6 is 0 Å². The van der Waals surface area contributed by atoms with Gasteiger partial charge in [-0.15, -0.1) is 0 Å². The van der Waals surface area contributed by atoms with E-state index in [0.717, 1.165) is 29.7 Å². The van der Waals surface area contributed by atoms with E-state index in [1.807, 2.05) is 24.3 Å². The van der Waals surface area contributed by atoms with E-state index in [1.165, 1.54) is 0 Å². The van der Waals surface area contributed by atoms with Crippen LogP contribution in [0.3, 0.4) is 0 Å². The van der Waals surface area contributed by atoms with Crippen molar-refractivity contribution in [2.24, 2.45) is 5.41 Å². The van der Waals surface area contributed by atoms with Gasteiger partial charge in [0, 0.05) is 18.5 Å². The second kappa shape index (κ2) is 5.31. The van der Waals surface area contributed by atoms with Gasteiger partial charge in [-0.25, -0.2) is 9.97 Å². The zero-order valence-corrected chi connectivity index (χ0v) is 10.8. The molecule has 0 atom stereocenters. The molecule has 1 aromatic carbocycles. The molecule has 0 aliphatic heterocycles. The summed E-state index contributed by atoms with van der Waals surface area (Å²) in [7, 11) is 0. The first kappa shape index (κ1) is 12.8. The number of nitrogens with one attached hydrogen (secondary N) is 1. The van der Waals surface area contributed by atoms with Crippen LogP contribution in [0.1, 0.15) is 20.3 Å². The Morgan fingerprint density at radius 2 is 2.00 bits per heavy atom. The lowest BCUT2D eigenvalue weighted by atomic mass is 9.90. The van der Waals surface area contributed by atoms with Crippen molar-refractivity contribution >= 4 is 16.7 Å². The minimum Gasteiger partial charge on any atom is -0.396 e. The summed E-state index contributed by atoms with van der Waals surface area (Å²) in [4.78, 5) is 8.52. The molecule has 0 aliphatic rings. The third kappa shape index (κ3) is 2.96. The molecule has 2 rings (SSSR count). The van der Waals surface area contributed by atoms with E-state index in [1.54, 1.807) is 6.33 Å². The molecule has 0 saturated heterocycles. The van der Waals surface area contributed by atoms with Crippen LogP contribution in [0, 0.1) is 5.41 Å². The van der Waals surface area contributed by atoms with Crippen molar-refractivity contribution in [3.63, 3.8) is 0 Å². The summed E-state index contributed by atoms with van der Waals surface area (Å²) in [5, 5.41) is 13.4. The standard InChI is InChI=1S/C14H19N3O/c1-14(2,7-8-18)9-15-13-11-5-3-4-6-12(11)16-10-17-13/h3-6,10,18H,7-9H2,1-2H3,(H,15,16,17). The number of benzene rings is 1.